The molecular weight excluding hydrogens is 303 g/mol. The molecule has 1 saturated heterocycles. The number of nitrogens with zero attached hydrogens (tertiary/aromatic N) is 1. The van der Waals surface area contributed by atoms with E-state index in [1.54, 1.807) is 0 Å². The van der Waals surface area contributed by atoms with Crippen LogP contribution >= 0.6 is 0 Å². The van der Waals surface area contributed by atoms with E-state index in [1.165, 1.54) is 31.4 Å². The van der Waals surface area contributed by atoms with Gasteiger partial charge in [-0.1, -0.05) is 31.4 Å². The van der Waals surface area contributed by atoms with Gasteiger partial charge in [-0.3, -0.25) is 9.69 Å². The van der Waals surface area contributed by atoms with Crippen LogP contribution in [0.1, 0.15) is 63.5 Å². The van der Waals surface area contributed by atoms with Crippen LogP contribution in [0.15, 0.2) is 24.3 Å². The van der Waals surface area contributed by atoms with Crippen LogP contribution in [0.5, 0.6) is 0 Å². The van der Waals surface area contributed by atoms with Gasteiger partial charge in [-0.2, -0.15) is 0 Å². The number of piperidine rings is 1. The molecule has 0 spiro atoms. The molecule has 1 aliphatic heterocycles. The second-order valence-electron chi connectivity index (χ2n) is 7.38. The second-order valence-corrected chi connectivity index (χ2v) is 7.38. The molecule has 1 saturated carbocycles. The number of hydrogen-bond acceptors (Lipinski definition) is 2. The van der Waals surface area contributed by atoms with Gasteiger partial charge in [0, 0.05) is 18.0 Å². The second kappa shape index (κ2) is 8.11. The van der Waals surface area contributed by atoms with Crippen LogP contribution in [0.3, 0.4) is 0 Å². The SMILES string of the molecule is C[C@@H](c1ccc(F)cc1)N1CCC(C(=O)NC2CCCCC2)CC1. The highest BCUT2D eigenvalue weighted by Gasteiger charge is 2.29. The van der Waals surface area contributed by atoms with Gasteiger partial charge in [0.25, 0.3) is 0 Å². The van der Waals surface area contributed by atoms with Crippen LogP contribution in [0, 0.1) is 11.7 Å². The van der Waals surface area contributed by atoms with E-state index in [9.17, 15) is 9.18 Å². The molecule has 1 heterocycles. The molecule has 24 heavy (non-hydrogen) atoms. The molecule has 3 nitrogen and oxygen atoms in total. The van der Waals surface area contributed by atoms with Crippen LogP contribution in [-0.4, -0.2) is 29.9 Å². The molecule has 3 rings (SSSR count). The van der Waals surface area contributed by atoms with Gasteiger partial charge in [0.1, 0.15) is 5.82 Å². The lowest BCUT2D eigenvalue weighted by atomic mass is 9.91. The Morgan fingerprint density at radius 3 is 2.33 bits per heavy atom. The maximum absolute atomic E-state index is 13.1. The van der Waals surface area contributed by atoms with Crippen LogP contribution in [0.25, 0.3) is 0 Å². The average molecular weight is 332 g/mol. The molecule has 132 valence electrons. The molecule has 1 N–H and O–H groups in total. The van der Waals surface area contributed by atoms with E-state index in [0.29, 0.717) is 6.04 Å². The molecule has 1 amide bonds. The number of likely N-dealkylation sites (tertiary alicyclic amines) is 1. The Bertz CT molecular complexity index is 531. The first kappa shape index (κ1) is 17.4. The van der Waals surface area contributed by atoms with Gasteiger partial charge in [0.2, 0.25) is 5.91 Å². The van der Waals surface area contributed by atoms with E-state index in [0.717, 1.165) is 44.3 Å². The molecule has 0 bridgehead atoms. The van der Waals surface area contributed by atoms with E-state index < -0.39 is 0 Å². The number of carbonyl (C=O) groups is 1. The van der Waals surface area contributed by atoms with E-state index >= 15 is 0 Å². The van der Waals surface area contributed by atoms with Crippen molar-refractivity contribution in [1.29, 1.82) is 0 Å². The van der Waals surface area contributed by atoms with Crippen molar-refractivity contribution in [3.05, 3.63) is 35.6 Å². The van der Waals surface area contributed by atoms with Gasteiger partial charge in [-0.15, -0.1) is 0 Å². The normalized spacial score (nSPS) is 22.2. The van der Waals surface area contributed by atoms with Crippen LogP contribution in [0.2, 0.25) is 0 Å². The summed E-state index contributed by atoms with van der Waals surface area (Å²) in [6.07, 6.45) is 7.94. The lowest BCUT2D eigenvalue weighted by Gasteiger charge is -2.36. The Morgan fingerprint density at radius 1 is 1.08 bits per heavy atom. The van der Waals surface area contributed by atoms with Gasteiger partial charge in [-0.25, -0.2) is 4.39 Å². The number of rotatable bonds is 4. The minimum atomic E-state index is -0.191. The largest absolute Gasteiger partial charge is 0.353 e. The van der Waals surface area contributed by atoms with Crippen molar-refractivity contribution in [2.24, 2.45) is 5.92 Å². The third kappa shape index (κ3) is 4.35. The number of hydrogen-bond donors (Lipinski definition) is 1. The maximum Gasteiger partial charge on any atom is 0.223 e. The zero-order chi connectivity index (χ0) is 16.9. The van der Waals surface area contributed by atoms with Crippen molar-refractivity contribution >= 4 is 5.91 Å². The molecule has 1 aromatic carbocycles. The Labute approximate surface area is 144 Å². The average Bonchev–Trinajstić information content (AvgIpc) is 2.63. The lowest BCUT2D eigenvalue weighted by molar-refractivity contribution is -0.127. The van der Waals surface area contributed by atoms with Gasteiger partial charge < -0.3 is 5.32 Å². The van der Waals surface area contributed by atoms with Crippen molar-refractivity contribution in [2.75, 3.05) is 13.1 Å². The number of amides is 1. The summed E-state index contributed by atoms with van der Waals surface area (Å²) in [6, 6.07) is 7.45. The maximum atomic E-state index is 13.1. The number of benzene rings is 1. The molecule has 2 fully saturated rings. The van der Waals surface area contributed by atoms with E-state index in [1.807, 2.05) is 12.1 Å². The van der Waals surface area contributed by atoms with Crippen molar-refractivity contribution in [2.45, 2.75) is 64.0 Å². The third-order valence-corrected chi connectivity index (χ3v) is 5.75. The predicted molar refractivity (Wildman–Crippen MR) is 94.1 cm³/mol. The van der Waals surface area contributed by atoms with Crippen molar-refractivity contribution < 1.29 is 9.18 Å². The van der Waals surface area contributed by atoms with E-state index in [-0.39, 0.29) is 23.7 Å². The Kier molecular flexibility index (Phi) is 5.88. The third-order valence-electron chi connectivity index (χ3n) is 5.75. The van der Waals surface area contributed by atoms with Crippen LogP contribution in [0.4, 0.5) is 4.39 Å². The molecule has 2 aliphatic rings. The zero-order valence-electron chi connectivity index (χ0n) is 14.6. The van der Waals surface area contributed by atoms with Crippen molar-refractivity contribution in [3.63, 3.8) is 0 Å². The Hall–Kier alpha value is -1.42. The standard InChI is InChI=1S/C20H29FN2O/c1-15(16-7-9-18(21)10-8-16)23-13-11-17(12-14-23)20(24)22-19-5-3-2-4-6-19/h7-10,15,17,19H,2-6,11-14H2,1H3,(H,22,24)/t15-/m0/s1. The minimum Gasteiger partial charge on any atom is -0.353 e. The van der Waals surface area contributed by atoms with Gasteiger partial charge >= 0.3 is 0 Å². The Morgan fingerprint density at radius 2 is 1.71 bits per heavy atom. The van der Waals surface area contributed by atoms with Crippen molar-refractivity contribution in [3.8, 4) is 0 Å². The van der Waals surface area contributed by atoms with E-state index in [4.69, 9.17) is 0 Å². The highest BCUT2D eigenvalue weighted by molar-refractivity contribution is 5.79. The molecule has 4 heteroatoms. The topological polar surface area (TPSA) is 32.3 Å². The first-order chi connectivity index (χ1) is 11.6. The summed E-state index contributed by atoms with van der Waals surface area (Å²) in [4.78, 5) is 14.9. The van der Waals surface area contributed by atoms with Crippen molar-refractivity contribution in [1.82, 2.24) is 10.2 Å². The summed E-state index contributed by atoms with van der Waals surface area (Å²) in [5.41, 5.74) is 1.14. The van der Waals surface area contributed by atoms with Gasteiger partial charge in [0.15, 0.2) is 0 Å². The molecule has 0 radical (unpaired) electrons. The van der Waals surface area contributed by atoms with Gasteiger partial charge in [-0.05, 0) is 63.4 Å². The Balaban J connectivity index is 1.47. The fourth-order valence-corrected chi connectivity index (χ4v) is 4.07. The van der Waals surface area contributed by atoms with Gasteiger partial charge in [0.05, 0.1) is 0 Å². The smallest absolute Gasteiger partial charge is 0.223 e. The zero-order valence-corrected chi connectivity index (χ0v) is 14.6. The summed E-state index contributed by atoms with van der Waals surface area (Å²) in [5, 5.41) is 3.27. The summed E-state index contributed by atoms with van der Waals surface area (Å²) >= 11 is 0. The molecule has 0 aromatic heterocycles. The number of carbonyl (C=O) groups excluding carboxylic acids is 1. The molecule has 0 unspecified atom stereocenters. The molecule has 1 aliphatic carbocycles. The summed E-state index contributed by atoms with van der Waals surface area (Å²) in [5.74, 6) is 0.226. The molecule has 1 atom stereocenters. The monoisotopic (exact) mass is 332 g/mol. The lowest BCUT2D eigenvalue weighted by Crippen LogP contribution is -2.44. The fraction of sp³-hybridized carbons (Fsp3) is 0.650. The first-order valence-corrected chi connectivity index (χ1v) is 9.43. The predicted octanol–water partition coefficient (Wildman–Crippen LogP) is 4.05. The number of nitrogens with one attached hydrogen (secondary N) is 1. The number of halogens is 1. The van der Waals surface area contributed by atoms with Crippen LogP contribution < -0.4 is 5.32 Å². The summed E-state index contributed by atoms with van der Waals surface area (Å²) < 4.78 is 13.1. The molecule has 1 aromatic rings. The van der Waals surface area contributed by atoms with Crippen LogP contribution in [-0.2, 0) is 4.79 Å². The summed E-state index contributed by atoms with van der Waals surface area (Å²) in [6.45, 7) is 4.03. The van der Waals surface area contributed by atoms with E-state index in [2.05, 4.69) is 17.1 Å². The first-order valence-electron chi connectivity index (χ1n) is 9.43. The molecular formula is C20H29FN2O. The fourth-order valence-electron chi connectivity index (χ4n) is 4.07. The summed E-state index contributed by atoms with van der Waals surface area (Å²) in [7, 11) is 0. The highest BCUT2D eigenvalue weighted by atomic mass is 19.1. The highest BCUT2D eigenvalue weighted by Crippen LogP contribution is 2.27. The quantitative estimate of drug-likeness (QED) is 0.902. The minimum absolute atomic E-state index is 0.156.